The molecular weight excluding hydrogens is 377 g/mol. The first kappa shape index (κ1) is 21.8. The van der Waals surface area contributed by atoms with Gasteiger partial charge in [0.25, 0.3) is 0 Å². The summed E-state index contributed by atoms with van der Waals surface area (Å²) in [5.74, 6) is -1.89. The minimum Gasteiger partial charge on any atom is -0.381 e. The molecule has 29 heavy (non-hydrogen) atoms. The van der Waals surface area contributed by atoms with E-state index in [0.717, 1.165) is 25.9 Å². The summed E-state index contributed by atoms with van der Waals surface area (Å²) in [7, 11) is 0. The van der Waals surface area contributed by atoms with Gasteiger partial charge in [0.2, 0.25) is 0 Å². The quantitative estimate of drug-likeness (QED) is 0.459. The van der Waals surface area contributed by atoms with Crippen LogP contribution in [0.5, 0.6) is 0 Å². The largest absolute Gasteiger partial charge is 0.381 e. The average Bonchev–Trinajstić information content (AvgIpc) is 2.72. The van der Waals surface area contributed by atoms with E-state index in [1.54, 1.807) is 18.2 Å². The van der Waals surface area contributed by atoms with Crippen molar-refractivity contribution in [1.29, 1.82) is 0 Å². The Balaban J connectivity index is 1.71. The van der Waals surface area contributed by atoms with E-state index < -0.39 is 17.5 Å². The molecule has 2 unspecified atom stereocenters. The number of halogens is 3. The van der Waals surface area contributed by atoms with Crippen LogP contribution in [0.1, 0.15) is 56.8 Å². The zero-order valence-corrected chi connectivity index (χ0v) is 17.1. The number of ether oxygens (including phenoxy) is 2. The molecule has 3 rings (SSSR count). The predicted octanol–water partition coefficient (Wildman–Crippen LogP) is 6.62. The van der Waals surface area contributed by atoms with Crippen molar-refractivity contribution < 1.29 is 22.6 Å². The van der Waals surface area contributed by atoms with Crippen LogP contribution in [0.2, 0.25) is 0 Å². The third kappa shape index (κ3) is 5.20. The van der Waals surface area contributed by atoms with Crippen LogP contribution in [-0.2, 0) is 15.9 Å². The maximum atomic E-state index is 14.8. The Bertz CT molecular complexity index is 814. The van der Waals surface area contributed by atoms with Crippen molar-refractivity contribution in [3.05, 3.63) is 58.9 Å². The molecule has 0 spiro atoms. The Morgan fingerprint density at radius 2 is 1.83 bits per heavy atom. The minimum atomic E-state index is -0.924. The van der Waals surface area contributed by atoms with Gasteiger partial charge in [-0.25, -0.2) is 13.2 Å². The molecule has 0 N–H and O–H groups in total. The smallest absolute Gasteiger partial charge is 0.166 e. The van der Waals surface area contributed by atoms with Crippen LogP contribution in [-0.4, -0.2) is 19.8 Å². The molecule has 1 fully saturated rings. The number of benzene rings is 2. The second-order valence-corrected chi connectivity index (χ2v) is 7.73. The van der Waals surface area contributed by atoms with Gasteiger partial charge in [-0.2, -0.15) is 0 Å². The number of rotatable bonds is 8. The molecular formula is C24H29F3O2. The molecule has 0 amide bonds. The van der Waals surface area contributed by atoms with Crippen molar-refractivity contribution in [2.24, 2.45) is 5.92 Å². The summed E-state index contributed by atoms with van der Waals surface area (Å²) in [5.41, 5.74) is 1.21. The number of hydrogen-bond acceptors (Lipinski definition) is 2. The van der Waals surface area contributed by atoms with Crippen LogP contribution < -0.4 is 0 Å². The molecule has 1 aliphatic rings. The van der Waals surface area contributed by atoms with Crippen molar-refractivity contribution in [1.82, 2.24) is 0 Å². The van der Waals surface area contributed by atoms with Crippen molar-refractivity contribution in [2.75, 3.05) is 19.8 Å². The van der Waals surface area contributed by atoms with E-state index >= 15 is 0 Å². The van der Waals surface area contributed by atoms with Gasteiger partial charge in [0, 0.05) is 23.7 Å². The van der Waals surface area contributed by atoms with Gasteiger partial charge in [-0.05, 0) is 42.9 Å². The molecule has 2 nitrogen and oxygen atoms in total. The number of aryl methyl sites for hydroxylation is 1. The van der Waals surface area contributed by atoms with Crippen LogP contribution in [0.25, 0.3) is 11.1 Å². The van der Waals surface area contributed by atoms with E-state index in [1.807, 2.05) is 6.92 Å². The minimum absolute atomic E-state index is 0.0745. The van der Waals surface area contributed by atoms with Crippen LogP contribution in [0, 0.1) is 23.4 Å². The maximum absolute atomic E-state index is 14.8. The molecule has 158 valence electrons. The SMILES string of the molecule is CCCOCC1CCC(c2ccc(-c3ccc(CCC)c(F)c3F)cc2F)OC1. The van der Waals surface area contributed by atoms with E-state index in [4.69, 9.17) is 9.47 Å². The molecule has 0 saturated carbocycles. The number of hydrogen-bond donors (Lipinski definition) is 0. The van der Waals surface area contributed by atoms with Crippen LogP contribution in [0.4, 0.5) is 13.2 Å². The van der Waals surface area contributed by atoms with Gasteiger partial charge in [0.1, 0.15) is 5.82 Å². The molecule has 2 atom stereocenters. The Morgan fingerprint density at radius 1 is 1.00 bits per heavy atom. The Labute approximate surface area is 171 Å². The highest BCUT2D eigenvalue weighted by atomic mass is 19.2. The van der Waals surface area contributed by atoms with E-state index in [-0.39, 0.29) is 11.7 Å². The second-order valence-electron chi connectivity index (χ2n) is 7.73. The highest BCUT2D eigenvalue weighted by Crippen LogP contribution is 2.35. The summed E-state index contributed by atoms with van der Waals surface area (Å²) in [4.78, 5) is 0. The van der Waals surface area contributed by atoms with E-state index in [0.29, 0.717) is 48.7 Å². The highest BCUT2D eigenvalue weighted by molar-refractivity contribution is 5.65. The third-order valence-electron chi connectivity index (χ3n) is 5.41. The first-order chi connectivity index (χ1) is 14.0. The first-order valence-electron chi connectivity index (χ1n) is 10.5. The van der Waals surface area contributed by atoms with Gasteiger partial charge in [-0.15, -0.1) is 0 Å². The van der Waals surface area contributed by atoms with Crippen molar-refractivity contribution in [2.45, 2.75) is 52.1 Å². The normalized spacial score (nSPS) is 19.5. The van der Waals surface area contributed by atoms with Crippen molar-refractivity contribution >= 4 is 0 Å². The zero-order valence-electron chi connectivity index (χ0n) is 17.1. The lowest BCUT2D eigenvalue weighted by atomic mass is 9.93. The van der Waals surface area contributed by atoms with Gasteiger partial charge in [0.15, 0.2) is 11.6 Å². The summed E-state index contributed by atoms with van der Waals surface area (Å²) >= 11 is 0. The maximum Gasteiger partial charge on any atom is 0.166 e. The van der Waals surface area contributed by atoms with Gasteiger partial charge < -0.3 is 9.47 Å². The van der Waals surface area contributed by atoms with Gasteiger partial charge in [-0.1, -0.05) is 44.5 Å². The molecule has 2 aromatic rings. The van der Waals surface area contributed by atoms with Crippen LogP contribution in [0.15, 0.2) is 30.3 Å². The summed E-state index contributed by atoms with van der Waals surface area (Å²) in [6, 6.07) is 7.63. The fourth-order valence-corrected chi connectivity index (χ4v) is 3.81. The molecule has 0 bridgehead atoms. The molecule has 5 heteroatoms. The Hall–Kier alpha value is -1.85. The summed E-state index contributed by atoms with van der Waals surface area (Å²) in [6.07, 6.45) is 3.49. The monoisotopic (exact) mass is 406 g/mol. The van der Waals surface area contributed by atoms with Crippen LogP contribution in [0.3, 0.4) is 0 Å². The first-order valence-corrected chi connectivity index (χ1v) is 10.5. The van der Waals surface area contributed by atoms with E-state index in [1.165, 1.54) is 12.1 Å². The molecule has 0 aromatic heterocycles. The Kier molecular flexibility index (Phi) is 7.73. The van der Waals surface area contributed by atoms with Gasteiger partial charge in [0.05, 0.1) is 19.3 Å². The fourth-order valence-electron chi connectivity index (χ4n) is 3.81. The van der Waals surface area contributed by atoms with Crippen molar-refractivity contribution in [3.63, 3.8) is 0 Å². The second kappa shape index (κ2) is 10.3. The zero-order chi connectivity index (χ0) is 20.8. The fraction of sp³-hybridized carbons (Fsp3) is 0.500. The van der Waals surface area contributed by atoms with Crippen LogP contribution >= 0.6 is 0 Å². The molecule has 0 aliphatic carbocycles. The lowest BCUT2D eigenvalue weighted by Gasteiger charge is -2.29. The Morgan fingerprint density at radius 3 is 2.48 bits per heavy atom. The summed E-state index contributed by atoms with van der Waals surface area (Å²) in [5, 5.41) is 0. The lowest BCUT2D eigenvalue weighted by molar-refractivity contribution is -0.0446. The lowest BCUT2D eigenvalue weighted by Crippen LogP contribution is -2.25. The molecule has 2 aromatic carbocycles. The van der Waals surface area contributed by atoms with Gasteiger partial charge in [-0.3, -0.25) is 0 Å². The van der Waals surface area contributed by atoms with Gasteiger partial charge >= 0.3 is 0 Å². The summed E-state index contributed by atoms with van der Waals surface area (Å²) in [6.45, 7) is 5.93. The standard InChI is InChI=1S/C24H29F3O2/c1-3-5-17-7-9-19(24(27)23(17)26)18-8-10-20(21(25)13-18)22-11-6-16(15-29-22)14-28-12-4-2/h7-10,13,16,22H,3-6,11-12,14-15H2,1-2H3. The topological polar surface area (TPSA) is 18.5 Å². The molecule has 1 saturated heterocycles. The molecule has 1 aliphatic heterocycles. The van der Waals surface area contributed by atoms with E-state index in [2.05, 4.69) is 6.92 Å². The average molecular weight is 406 g/mol. The highest BCUT2D eigenvalue weighted by Gasteiger charge is 2.25. The third-order valence-corrected chi connectivity index (χ3v) is 5.41. The molecule has 0 radical (unpaired) electrons. The van der Waals surface area contributed by atoms with E-state index in [9.17, 15) is 13.2 Å². The van der Waals surface area contributed by atoms with Crippen molar-refractivity contribution in [3.8, 4) is 11.1 Å². The molecule has 1 heterocycles. The predicted molar refractivity (Wildman–Crippen MR) is 108 cm³/mol. The summed E-state index contributed by atoms with van der Waals surface area (Å²) < 4.78 is 55.0.